The lowest BCUT2D eigenvalue weighted by atomic mass is 10.3. The Balaban J connectivity index is 1.71. The van der Waals surface area contributed by atoms with Crippen molar-refractivity contribution in [3.63, 3.8) is 0 Å². The van der Waals surface area contributed by atoms with E-state index >= 15 is 0 Å². The highest BCUT2D eigenvalue weighted by Gasteiger charge is 2.23. The van der Waals surface area contributed by atoms with Crippen molar-refractivity contribution in [2.45, 2.75) is 24.2 Å². The van der Waals surface area contributed by atoms with Gasteiger partial charge in [0.15, 0.2) is 11.5 Å². The normalized spacial score (nSPS) is 18.0. The molecule has 0 unspecified atom stereocenters. The van der Waals surface area contributed by atoms with Crippen molar-refractivity contribution < 1.29 is 17.9 Å². The molecule has 3 rings (SSSR count). The molecule has 0 saturated heterocycles. The van der Waals surface area contributed by atoms with Crippen molar-refractivity contribution in [3.8, 4) is 11.5 Å². The zero-order chi connectivity index (χ0) is 12.6. The van der Waals surface area contributed by atoms with Crippen LogP contribution in [-0.4, -0.2) is 21.8 Å². The van der Waals surface area contributed by atoms with E-state index < -0.39 is 10.0 Å². The van der Waals surface area contributed by atoms with Gasteiger partial charge in [0, 0.05) is 12.6 Å². The maximum atomic E-state index is 12.0. The predicted molar refractivity (Wildman–Crippen MR) is 65.1 cm³/mol. The van der Waals surface area contributed by atoms with Crippen LogP contribution in [0.1, 0.15) is 19.3 Å². The molecule has 0 spiro atoms. The molecule has 1 fully saturated rings. The molecule has 1 aliphatic heterocycles. The maximum absolute atomic E-state index is 12.0. The van der Waals surface area contributed by atoms with E-state index in [0.717, 1.165) is 6.42 Å². The minimum absolute atomic E-state index is 0.147. The minimum atomic E-state index is -3.44. The van der Waals surface area contributed by atoms with Crippen LogP contribution in [0, 0.1) is 5.92 Å². The number of hydrogen-bond acceptors (Lipinski definition) is 4. The smallest absolute Gasteiger partial charge is 0.240 e. The van der Waals surface area contributed by atoms with Crippen molar-refractivity contribution in [2.75, 3.05) is 13.3 Å². The van der Waals surface area contributed by atoms with Gasteiger partial charge in [-0.1, -0.05) is 12.8 Å². The lowest BCUT2D eigenvalue weighted by Crippen LogP contribution is -2.25. The largest absolute Gasteiger partial charge is 0.454 e. The zero-order valence-corrected chi connectivity index (χ0v) is 10.7. The Kier molecular flexibility index (Phi) is 2.91. The second-order valence-electron chi connectivity index (χ2n) is 4.64. The Morgan fingerprint density at radius 2 is 2.00 bits per heavy atom. The Bertz CT molecular complexity index is 551. The highest BCUT2D eigenvalue weighted by Crippen LogP contribution is 2.34. The Labute approximate surface area is 106 Å². The van der Waals surface area contributed by atoms with Gasteiger partial charge >= 0.3 is 0 Å². The minimum Gasteiger partial charge on any atom is -0.454 e. The van der Waals surface area contributed by atoms with Crippen LogP contribution < -0.4 is 14.2 Å². The van der Waals surface area contributed by atoms with E-state index in [2.05, 4.69) is 4.72 Å². The van der Waals surface area contributed by atoms with E-state index in [1.807, 2.05) is 0 Å². The molecule has 1 aromatic carbocycles. The number of sulfonamides is 1. The summed E-state index contributed by atoms with van der Waals surface area (Å²) in [7, 11) is -3.44. The molecule has 1 N–H and O–H groups in total. The number of fused-ring (bicyclic) bond motifs is 1. The molecular weight excluding hydrogens is 254 g/mol. The van der Waals surface area contributed by atoms with Crippen LogP contribution in [0.3, 0.4) is 0 Å². The van der Waals surface area contributed by atoms with E-state index in [1.165, 1.54) is 25.0 Å². The molecule has 2 aliphatic rings. The van der Waals surface area contributed by atoms with Gasteiger partial charge in [0.2, 0.25) is 16.8 Å². The summed E-state index contributed by atoms with van der Waals surface area (Å²) in [6.07, 6.45) is 3.38. The average molecular weight is 269 g/mol. The first-order chi connectivity index (χ1) is 8.65. The monoisotopic (exact) mass is 269 g/mol. The van der Waals surface area contributed by atoms with E-state index in [-0.39, 0.29) is 11.7 Å². The molecule has 1 saturated carbocycles. The third kappa shape index (κ3) is 2.44. The van der Waals surface area contributed by atoms with Crippen LogP contribution in [0.25, 0.3) is 0 Å². The molecule has 0 amide bonds. The molecule has 18 heavy (non-hydrogen) atoms. The summed E-state index contributed by atoms with van der Waals surface area (Å²) in [6, 6.07) is 4.66. The number of benzene rings is 1. The summed E-state index contributed by atoms with van der Waals surface area (Å²) in [5, 5.41) is 0. The Morgan fingerprint density at radius 1 is 1.22 bits per heavy atom. The first kappa shape index (κ1) is 11.8. The fourth-order valence-electron chi connectivity index (χ4n) is 1.93. The highest BCUT2D eigenvalue weighted by molar-refractivity contribution is 7.89. The molecule has 0 bridgehead atoms. The summed E-state index contributed by atoms with van der Waals surface area (Å²) in [5.41, 5.74) is 0. The highest BCUT2D eigenvalue weighted by atomic mass is 32.2. The third-order valence-electron chi connectivity index (χ3n) is 3.20. The molecule has 0 atom stereocenters. The molecule has 1 heterocycles. The first-order valence-corrected chi connectivity index (χ1v) is 7.53. The fraction of sp³-hybridized carbons (Fsp3) is 0.500. The van der Waals surface area contributed by atoms with Crippen molar-refractivity contribution in [1.29, 1.82) is 0 Å². The molecule has 1 aromatic rings. The van der Waals surface area contributed by atoms with E-state index in [0.29, 0.717) is 24.0 Å². The van der Waals surface area contributed by atoms with Crippen molar-refractivity contribution in [2.24, 2.45) is 5.92 Å². The van der Waals surface area contributed by atoms with Crippen LogP contribution in [0.15, 0.2) is 23.1 Å². The SMILES string of the molecule is O=S(=O)(NCCC1CC1)c1ccc2c(c1)OCO2. The average Bonchev–Trinajstić information content (AvgIpc) is 3.04. The molecular formula is C12H15NO4S. The summed E-state index contributed by atoms with van der Waals surface area (Å²) in [6.45, 7) is 0.648. The molecule has 5 nitrogen and oxygen atoms in total. The second-order valence-corrected chi connectivity index (χ2v) is 6.41. The second kappa shape index (κ2) is 4.44. The van der Waals surface area contributed by atoms with Gasteiger partial charge in [0.25, 0.3) is 0 Å². The topological polar surface area (TPSA) is 64.6 Å². The quantitative estimate of drug-likeness (QED) is 0.879. The van der Waals surface area contributed by atoms with Gasteiger partial charge in [-0.25, -0.2) is 13.1 Å². The maximum Gasteiger partial charge on any atom is 0.240 e. The van der Waals surface area contributed by atoms with Gasteiger partial charge in [0.05, 0.1) is 4.90 Å². The van der Waals surface area contributed by atoms with E-state index in [4.69, 9.17) is 9.47 Å². The molecule has 1 aliphatic carbocycles. The Morgan fingerprint density at radius 3 is 2.78 bits per heavy atom. The number of nitrogens with one attached hydrogen (secondary N) is 1. The lowest BCUT2D eigenvalue weighted by molar-refractivity contribution is 0.174. The van der Waals surface area contributed by atoms with Gasteiger partial charge in [-0.3, -0.25) is 0 Å². The molecule has 0 radical (unpaired) electrons. The van der Waals surface area contributed by atoms with Crippen molar-refractivity contribution >= 4 is 10.0 Å². The standard InChI is InChI=1S/C12H15NO4S/c14-18(15,13-6-5-9-1-2-9)10-3-4-11-12(7-10)17-8-16-11/h3-4,7,9,13H,1-2,5-6,8H2. The molecule has 98 valence electrons. The zero-order valence-electron chi connectivity index (χ0n) is 9.89. The fourth-order valence-corrected chi connectivity index (χ4v) is 2.99. The van der Waals surface area contributed by atoms with Gasteiger partial charge in [-0.15, -0.1) is 0 Å². The summed E-state index contributed by atoms with van der Waals surface area (Å²) in [5.74, 6) is 1.79. The number of ether oxygens (including phenoxy) is 2. The van der Waals surface area contributed by atoms with E-state index in [1.54, 1.807) is 6.07 Å². The van der Waals surface area contributed by atoms with Crippen LogP contribution in [0.4, 0.5) is 0 Å². The lowest BCUT2D eigenvalue weighted by Gasteiger charge is -2.07. The molecule has 0 aromatic heterocycles. The summed E-state index contributed by atoms with van der Waals surface area (Å²) >= 11 is 0. The van der Waals surface area contributed by atoms with Crippen molar-refractivity contribution in [3.05, 3.63) is 18.2 Å². The van der Waals surface area contributed by atoms with Crippen LogP contribution in [0.2, 0.25) is 0 Å². The number of rotatable bonds is 5. The van der Waals surface area contributed by atoms with Gasteiger partial charge in [-0.05, 0) is 24.5 Å². The first-order valence-electron chi connectivity index (χ1n) is 6.04. The van der Waals surface area contributed by atoms with Crippen molar-refractivity contribution in [1.82, 2.24) is 4.72 Å². The molecule has 6 heteroatoms. The van der Waals surface area contributed by atoms with Gasteiger partial charge in [-0.2, -0.15) is 0 Å². The Hall–Kier alpha value is -1.27. The summed E-state index contributed by atoms with van der Waals surface area (Å²) < 4.78 is 37.0. The van der Waals surface area contributed by atoms with Crippen LogP contribution in [-0.2, 0) is 10.0 Å². The summed E-state index contributed by atoms with van der Waals surface area (Å²) in [4.78, 5) is 0.225. The van der Waals surface area contributed by atoms with Crippen LogP contribution in [0.5, 0.6) is 11.5 Å². The van der Waals surface area contributed by atoms with Gasteiger partial charge < -0.3 is 9.47 Å². The van der Waals surface area contributed by atoms with Gasteiger partial charge in [0.1, 0.15) is 0 Å². The van der Waals surface area contributed by atoms with E-state index in [9.17, 15) is 8.42 Å². The predicted octanol–water partition coefficient (Wildman–Crippen LogP) is 1.49. The third-order valence-corrected chi connectivity index (χ3v) is 4.65. The number of hydrogen-bond donors (Lipinski definition) is 1. The van der Waals surface area contributed by atoms with Crippen LogP contribution >= 0.6 is 0 Å².